The first-order chi connectivity index (χ1) is 8.05. The van der Waals surface area contributed by atoms with Crippen molar-refractivity contribution in [2.75, 3.05) is 16.8 Å². The molecule has 0 aromatic carbocycles. The van der Waals surface area contributed by atoms with Gasteiger partial charge in [-0.25, -0.2) is 4.98 Å². The fourth-order valence-electron chi connectivity index (χ4n) is 2.46. The van der Waals surface area contributed by atoms with E-state index in [1.54, 1.807) is 0 Å². The van der Waals surface area contributed by atoms with Gasteiger partial charge in [-0.1, -0.05) is 0 Å². The number of fused-ring (bicyclic) bond motifs is 3. The number of anilines is 2. The molecule has 3 heterocycles. The molecule has 3 nitrogen and oxygen atoms in total. The van der Waals surface area contributed by atoms with Crippen molar-refractivity contribution in [1.29, 1.82) is 0 Å². The largest absolute Gasteiger partial charge is 0.417 e. The molecule has 1 aromatic rings. The molecule has 0 amide bonds. The van der Waals surface area contributed by atoms with Crippen LogP contribution in [0.3, 0.4) is 0 Å². The van der Waals surface area contributed by atoms with Crippen molar-refractivity contribution in [3.8, 4) is 0 Å². The number of aromatic nitrogens is 1. The van der Waals surface area contributed by atoms with Crippen LogP contribution in [0.2, 0.25) is 0 Å². The monoisotopic (exact) mass is 243 g/mol. The van der Waals surface area contributed by atoms with Crippen LogP contribution in [0.5, 0.6) is 0 Å². The van der Waals surface area contributed by atoms with Crippen molar-refractivity contribution in [2.24, 2.45) is 0 Å². The summed E-state index contributed by atoms with van der Waals surface area (Å²) in [5, 5.41) is 3.11. The SMILES string of the molecule is FC(F)(F)c1cnc2c(c1)NC1CCCCN21. The second kappa shape index (κ2) is 3.51. The average molecular weight is 243 g/mol. The van der Waals surface area contributed by atoms with Gasteiger partial charge in [0.1, 0.15) is 6.17 Å². The summed E-state index contributed by atoms with van der Waals surface area (Å²) in [5.41, 5.74) is -0.185. The average Bonchev–Trinajstić information content (AvgIpc) is 2.65. The normalized spacial score (nSPS) is 23.0. The molecular formula is C11H12F3N3. The molecule has 1 unspecified atom stereocenters. The van der Waals surface area contributed by atoms with E-state index >= 15 is 0 Å². The second-order valence-electron chi connectivity index (χ2n) is 4.44. The molecule has 17 heavy (non-hydrogen) atoms. The molecule has 1 saturated heterocycles. The zero-order valence-electron chi connectivity index (χ0n) is 9.09. The summed E-state index contributed by atoms with van der Waals surface area (Å²) in [6.07, 6.45) is -0.161. The highest BCUT2D eigenvalue weighted by Gasteiger charge is 2.36. The first kappa shape index (κ1) is 10.7. The van der Waals surface area contributed by atoms with E-state index in [0.717, 1.165) is 38.1 Å². The van der Waals surface area contributed by atoms with Crippen LogP contribution >= 0.6 is 0 Å². The van der Waals surface area contributed by atoms with Crippen molar-refractivity contribution in [3.63, 3.8) is 0 Å². The van der Waals surface area contributed by atoms with Crippen LogP contribution in [0.25, 0.3) is 0 Å². The van der Waals surface area contributed by atoms with E-state index in [-0.39, 0.29) is 6.17 Å². The third-order valence-electron chi connectivity index (χ3n) is 3.29. The summed E-state index contributed by atoms with van der Waals surface area (Å²) >= 11 is 0. The lowest BCUT2D eigenvalue weighted by molar-refractivity contribution is -0.137. The summed E-state index contributed by atoms with van der Waals surface area (Å²) in [5.74, 6) is 0.655. The minimum absolute atomic E-state index is 0.120. The topological polar surface area (TPSA) is 28.2 Å². The van der Waals surface area contributed by atoms with Crippen molar-refractivity contribution in [1.82, 2.24) is 4.98 Å². The van der Waals surface area contributed by atoms with Crippen LogP contribution in [-0.2, 0) is 6.18 Å². The number of nitrogens with one attached hydrogen (secondary N) is 1. The van der Waals surface area contributed by atoms with Crippen LogP contribution in [-0.4, -0.2) is 17.7 Å². The molecule has 0 spiro atoms. The molecule has 0 radical (unpaired) electrons. The molecule has 2 aliphatic heterocycles. The molecule has 0 bridgehead atoms. The molecule has 2 aliphatic rings. The summed E-state index contributed by atoms with van der Waals surface area (Å²) in [4.78, 5) is 6.01. The lowest BCUT2D eigenvalue weighted by Crippen LogP contribution is -2.39. The molecule has 92 valence electrons. The van der Waals surface area contributed by atoms with Crippen LogP contribution < -0.4 is 10.2 Å². The predicted molar refractivity (Wildman–Crippen MR) is 57.8 cm³/mol. The zero-order valence-corrected chi connectivity index (χ0v) is 9.09. The lowest BCUT2D eigenvalue weighted by atomic mass is 10.1. The van der Waals surface area contributed by atoms with Crippen molar-refractivity contribution >= 4 is 11.5 Å². The van der Waals surface area contributed by atoms with Crippen LogP contribution in [0, 0.1) is 0 Å². The highest BCUT2D eigenvalue weighted by molar-refractivity contribution is 5.73. The summed E-state index contributed by atoms with van der Waals surface area (Å²) < 4.78 is 37.6. The van der Waals surface area contributed by atoms with Gasteiger partial charge in [-0.3, -0.25) is 0 Å². The molecule has 1 fully saturated rings. The Kier molecular flexibility index (Phi) is 2.21. The zero-order chi connectivity index (χ0) is 12.0. The van der Waals surface area contributed by atoms with Gasteiger partial charge in [0.15, 0.2) is 5.82 Å². The van der Waals surface area contributed by atoms with Gasteiger partial charge in [0, 0.05) is 12.7 Å². The summed E-state index contributed by atoms with van der Waals surface area (Å²) in [7, 11) is 0. The first-order valence-corrected chi connectivity index (χ1v) is 5.66. The Morgan fingerprint density at radius 1 is 1.35 bits per heavy atom. The Labute approximate surface area is 96.6 Å². The minimum atomic E-state index is -4.33. The standard InChI is InChI=1S/C11H12F3N3/c12-11(13,14)7-5-8-10(15-6-7)17-4-2-1-3-9(17)16-8/h5-6,9,16H,1-4H2. The quantitative estimate of drug-likeness (QED) is 0.759. The third-order valence-corrected chi connectivity index (χ3v) is 3.29. The van der Waals surface area contributed by atoms with E-state index in [1.807, 2.05) is 0 Å². The number of halogens is 3. The van der Waals surface area contributed by atoms with Gasteiger partial charge in [-0.05, 0) is 25.3 Å². The van der Waals surface area contributed by atoms with Crippen LogP contribution in [0.1, 0.15) is 24.8 Å². The van der Waals surface area contributed by atoms with E-state index in [0.29, 0.717) is 11.5 Å². The maximum atomic E-state index is 12.5. The Morgan fingerprint density at radius 2 is 2.18 bits per heavy atom. The van der Waals surface area contributed by atoms with Crippen molar-refractivity contribution < 1.29 is 13.2 Å². The van der Waals surface area contributed by atoms with E-state index in [2.05, 4.69) is 15.2 Å². The number of hydrogen-bond donors (Lipinski definition) is 1. The van der Waals surface area contributed by atoms with E-state index in [1.165, 1.54) is 0 Å². The highest BCUT2D eigenvalue weighted by Crippen LogP contribution is 2.39. The number of piperidine rings is 1. The molecule has 6 heteroatoms. The molecule has 3 rings (SSSR count). The summed E-state index contributed by atoms with van der Waals surface area (Å²) in [6.45, 7) is 0.864. The number of alkyl halides is 3. The third kappa shape index (κ3) is 1.71. The first-order valence-electron chi connectivity index (χ1n) is 5.66. The van der Waals surface area contributed by atoms with Crippen molar-refractivity contribution in [2.45, 2.75) is 31.6 Å². The van der Waals surface area contributed by atoms with Gasteiger partial charge in [0.05, 0.1) is 11.3 Å². The van der Waals surface area contributed by atoms with E-state index < -0.39 is 11.7 Å². The number of nitrogens with zero attached hydrogens (tertiary/aromatic N) is 2. The molecular weight excluding hydrogens is 231 g/mol. The Balaban J connectivity index is 1.97. The Morgan fingerprint density at radius 3 is 2.94 bits per heavy atom. The number of pyridine rings is 1. The molecule has 1 aromatic heterocycles. The minimum Gasteiger partial charge on any atom is -0.362 e. The van der Waals surface area contributed by atoms with Gasteiger partial charge in [-0.15, -0.1) is 0 Å². The fraction of sp³-hybridized carbons (Fsp3) is 0.545. The lowest BCUT2D eigenvalue weighted by Gasteiger charge is -2.30. The number of hydrogen-bond acceptors (Lipinski definition) is 3. The highest BCUT2D eigenvalue weighted by atomic mass is 19.4. The maximum Gasteiger partial charge on any atom is 0.417 e. The fourth-order valence-corrected chi connectivity index (χ4v) is 2.46. The van der Waals surface area contributed by atoms with Crippen LogP contribution in [0.4, 0.5) is 24.7 Å². The summed E-state index contributed by atoms with van der Waals surface area (Å²) in [6, 6.07) is 1.15. The van der Waals surface area contributed by atoms with Gasteiger partial charge < -0.3 is 10.2 Å². The Hall–Kier alpha value is -1.46. The second-order valence-corrected chi connectivity index (χ2v) is 4.44. The van der Waals surface area contributed by atoms with Gasteiger partial charge in [0.25, 0.3) is 0 Å². The predicted octanol–water partition coefficient (Wildman–Crippen LogP) is 2.84. The van der Waals surface area contributed by atoms with Crippen LogP contribution in [0.15, 0.2) is 12.3 Å². The van der Waals surface area contributed by atoms with Crippen molar-refractivity contribution in [3.05, 3.63) is 17.8 Å². The Bertz CT molecular complexity index is 444. The van der Waals surface area contributed by atoms with E-state index in [9.17, 15) is 13.2 Å². The maximum absolute atomic E-state index is 12.5. The van der Waals surface area contributed by atoms with Gasteiger partial charge in [0.2, 0.25) is 0 Å². The molecule has 0 aliphatic carbocycles. The molecule has 0 saturated carbocycles. The van der Waals surface area contributed by atoms with E-state index in [4.69, 9.17) is 0 Å². The smallest absolute Gasteiger partial charge is 0.362 e. The number of rotatable bonds is 0. The molecule has 1 N–H and O–H groups in total. The van der Waals surface area contributed by atoms with Gasteiger partial charge in [-0.2, -0.15) is 13.2 Å². The molecule has 1 atom stereocenters. The van der Waals surface area contributed by atoms with Gasteiger partial charge >= 0.3 is 6.18 Å².